The third-order valence-corrected chi connectivity index (χ3v) is 4.91. The number of methoxy groups -OCH3 is 1. The van der Waals surface area contributed by atoms with Crippen LogP contribution in [-0.2, 0) is 6.54 Å². The van der Waals surface area contributed by atoms with E-state index in [1.165, 1.54) is 0 Å². The van der Waals surface area contributed by atoms with E-state index in [1.807, 2.05) is 24.3 Å². The number of carbonyl (C=O) groups is 1. The summed E-state index contributed by atoms with van der Waals surface area (Å²) in [5, 5.41) is 2.94. The summed E-state index contributed by atoms with van der Waals surface area (Å²) in [5.74, 6) is 2.56. The highest BCUT2D eigenvalue weighted by atomic mass is 79.9. The van der Waals surface area contributed by atoms with Crippen LogP contribution in [0.3, 0.4) is 0 Å². The van der Waals surface area contributed by atoms with Crippen LogP contribution in [0.1, 0.15) is 49.5 Å². The second-order valence-corrected chi connectivity index (χ2v) is 8.05. The van der Waals surface area contributed by atoms with E-state index in [-0.39, 0.29) is 5.91 Å². The molecule has 0 saturated carbocycles. The summed E-state index contributed by atoms with van der Waals surface area (Å²) in [4.78, 5) is 12.5. The van der Waals surface area contributed by atoms with Gasteiger partial charge in [-0.15, -0.1) is 0 Å². The lowest BCUT2D eigenvalue weighted by Crippen LogP contribution is -2.22. The lowest BCUT2D eigenvalue weighted by molar-refractivity contribution is 0.0950. The Bertz CT molecular complexity index is 807. The van der Waals surface area contributed by atoms with Crippen molar-refractivity contribution in [3.63, 3.8) is 0 Å². The first-order valence-corrected chi connectivity index (χ1v) is 10.7. The molecule has 0 bridgehead atoms. The molecule has 2 rings (SSSR count). The molecule has 29 heavy (non-hydrogen) atoms. The Morgan fingerprint density at radius 2 is 1.76 bits per heavy atom. The van der Waals surface area contributed by atoms with E-state index in [9.17, 15) is 4.79 Å². The lowest BCUT2D eigenvalue weighted by atomic mass is 10.1. The summed E-state index contributed by atoms with van der Waals surface area (Å²) in [5.41, 5.74) is 1.51. The number of ether oxygens (including phenoxy) is 3. The van der Waals surface area contributed by atoms with Crippen LogP contribution in [-0.4, -0.2) is 26.2 Å². The largest absolute Gasteiger partial charge is 0.493 e. The van der Waals surface area contributed by atoms with Crippen molar-refractivity contribution in [2.45, 2.75) is 40.2 Å². The predicted octanol–water partition coefficient (Wildman–Crippen LogP) is 5.60. The van der Waals surface area contributed by atoms with Gasteiger partial charge in [0.1, 0.15) is 5.75 Å². The van der Waals surface area contributed by atoms with Crippen LogP contribution in [0.15, 0.2) is 40.9 Å². The van der Waals surface area contributed by atoms with Crippen LogP contribution in [0.5, 0.6) is 17.2 Å². The van der Waals surface area contributed by atoms with E-state index >= 15 is 0 Å². The van der Waals surface area contributed by atoms with E-state index in [1.54, 1.807) is 19.2 Å². The number of hydrogen-bond donors (Lipinski definition) is 1. The molecule has 2 aromatic rings. The number of amides is 1. The molecule has 0 heterocycles. The Morgan fingerprint density at radius 1 is 1.03 bits per heavy atom. The molecule has 0 saturated heterocycles. The third kappa shape index (κ3) is 7.28. The van der Waals surface area contributed by atoms with Crippen molar-refractivity contribution < 1.29 is 19.0 Å². The standard InChI is InChI=1S/C23H30BrNO4/c1-5-11-28-21-8-6-17(13-22(21)27-4)15-25-23(26)18-7-9-20(19(24)14-18)29-12-10-16(2)3/h6-9,13-14,16H,5,10-12,15H2,1-4H3,(H,25,26). The maximum absolute atomic E-state index is 12.5. The van der Waals surface area contributed by atoms with Crippen molar-refractivity contribution in [3.05, 3.63) is 52.0 Å². The molecule has 6 heteroatoms. The normalized spacial score (nSPS) is 10.7. The summed E-state index contributed by atoms with van der Waals surface area (Å²) >= 11 is 3.49. The molecule has 0 unspecified atom stereocenters. The molecular formula is C23H30BrNO4. The van der Waals surface area contributed by atoms with Crippen LogP contribution in [0.25, 0.3) is 0 Å². The summed E-state index contributed by atoms with van der Waals surface area (Å²) in [6.45, 7) is 8.06. The molecule has 2 aromatic carbocycles. The van der Waals surface area contributed by atoms with E-state index in [0.29, 0.717) is 42.7 Å². The van der Waals surface area contributed by atoms with Gasteiger partial charge in [-0.3, -0.25) is 4.79 Å². The molecular weight excluding hydrogens is 434 g/mol. The molecule has 0 radical (unpaired) electrons. The van der Waals surface area contributed by atoms with Crippen LogP contribution in [0.4, 0.5) is 0 Å². The summed E-state index contributed by atoms with van der Waals surface area (Å²) < 4.78 is 17.6. The number of rotatable bonds is 11. The van der Waals surface area contributed by atoms with Gasteiger partial charge in [0.25, 0.3) is 5.91 Å². The Morgan fingerprint density at radius 3 is 2.41 bits per heavy atom. The Kier molecular flexibility index (Phi) is 9.32. The minimum atomic E-state index is -0.148. The van der Waals surface area contributed by atoms with Gasteiger partial charge in [0.15, 0.2) is 11.5 Å². The molecule has 1 amide bonds. The average Bonchev–Trinajstić information content (AvgIpc) is 2.71. The van der Waals surface area contributed by atoms with E-state index in [4.69, 9.17) is 14.2 Å². The van der Waals surface area contributed by atoms with Gasteiger partial charge in [0.05, 0.1) is 24.8 Å². The van der Waals surface area contributed by atoms with Crippen molar-refractivity contribution in [1.29, 1.82) is 0 Å². The highest BCUT2D eigenvalue weighted by molar-refractivity contribution is 9.10. The average molecular weight is 464 g/mol. The summed E-state index contributed by atoms with van der Waals surface area (Å²) in [7, 11) is 1.61. The monoisotopic (exact) mass is 463 g/mol. The van der Waals surface area contributed by atoms with Crippen LogP contribution in [0.2, 0.25) is 0 Å². The van der Waals surface area contributed by atoms with Gasteiger partial charge < -0.3 is 19.5 Å². The van der Waals surface area contributed by atoms with Gasteiger partial charge in [-0.2, -0.15) is 0 Å². The molecule has 0 fully saturated rings. The third-order valence-electron chi connectivity index (χ3n) is 4.29. The van der Waals surface area contributed by atoms with Crippen molar-refractivity contribution in [3.8, 4) is 17.2 Å². The smallest absolute Gasteiger partial charge is 0.251 e. The first kappa shape index (κ1) is 23.1. The molecule has 0 atom stereocenters. The lowest BCUT2D eigenvalue weighted by Gasteiger charge is -2.13. The van der Waals surface area contributed by atoms with Gasteiger partial charge in [0.2, 0.25) is 0 Å². The molecule has 0 spiro atoms. The summed E-state index contributed by atoms with van der Waals surface area (Å²) in [6.07, 6.45) is 1.92. The quantitative estimate of drug-likeness (QED) is 0.470. The van der Waals surface area contributed by atoms with Crippen LogP contribution < -0.4 is 19.5 Å². The zero-order valence-electron chi connectivity index (χ0n) is 17.6. The van der Waals surface area contributed by atoms with E-state index in [0.717, 1.165) is 28.6 Å². The second kappa shape index (κ2) is 11.7. The number of halogens is 1. The van der Waals surface area contributed by atoms with Crippen molar-refractivity contribution in [1.82, 2.24) is 5.32 Å². The summed E-state index contributed by atoms with van der Waals surface area (Å²) in [6, 6.07) is 11.1. The van der Waals surface area contributed by atoms with Crippen molar-refractivity contribution in [2.75, 3.05) is 20.3 Å². The molecule has 0 aromatic heterocycles. The first-order valence-electron chi connectivity index (χ1n) is 9.94. The molecule has 0 aliphatic rings. The zero-order chi connectivity index (χ0) is 21.2. The van der Waals surface area contributed by atoms with Gasteiger partial charge in [0, 0.05) is 12.1 Å². The first-order chi connectivity index (χ1) is 13.9. The number of carbonyl (C=O) groups excluding carboxylic acids is 1. The fourth-order valence-corrected chi connectivity index (χ4v) is 3.09. The minimum Gasteiger partial charge on any atom is -0.493 e. The van der Waals surface area contributed by atoms with Gasteiger partial charge in [-0.05, 0) is 70.6 Å². The highest BCUT2D eigenvalue weighted by Gasteiger charge is 2.11. The SMILES string of the molecule is CCCOc1ccc(CNC(=O)c2ccc(OCCC(C)C)c(Br)c2)cc1OC. The Balaban J connectivity index is 1.95. The molecule has 0 aliphatic heterocycles. The Hall–Kier alpha value is -2.21. The molecule has 5 nitrogen and oxygen atoms in total. The molecule has 158 valence electrons. The maximum atomic E-state index is 12.5. The number of benzene rings is 2. The number of hydrogen-bond acceptors (Lipinski definition) is 4. The number of nitrogens with one attached hydrogen (secondary N) is 1. The van der Waals surface area contributed by atoms with Crippen molar-refractivity contribution in [2.24, 2.45) is 5.92 Å². The Labute approximate surface area is 181 Å². The zero-order valence-corrected chi connectivity index (χ0v) is 19.2. The second-order valence-electron chi connectivity index (χ2n) is 7.19. The van der Waals surface area contributed by atoms with E-state index < -0.39 is 0 Å². The highest BCUT2D eigenvalue weighted by Crippen LogP contribution is 2.29. The topological polar surface area (TPSA) is 56.8 Å². The predicted molar refractivity (Wildman–Crippen MR) is 119 cm³/mol. The maximum Gasteiger partial charge on any atom is 0.251 e. The van der Waals surface area contributed by atoms with E-state index in [2.05, 4.69) is 42.0 Å². The van der Waals surface area contributed by atoms with Crippen molar-refractivity contribution >= 4 is 21.8 Å². The van der Waals surface area contributed by atoms with Crippen LogP contribution >= 0.6 is 15.9 Å². The minimum absolute atomic E-state index is 0.148. The van der Waals surface area contributed by atoms with Gasteiger partial charge >= 0.3 is 0 Å². The van der Waals surface area contributed by atoms with Crippen LogP contribution in [0, 0.1) is 5.92 Å². The fraction of sp³-hybridized carbons (Fsp3) is 0.435. The van der Waals surface area contributed by atoms with Gasteiger partial charge in [-0.25, -0.2) is 0 Å². The van der Waals surface area contributed by atoms with Gasteiger partial charge in [-0.1, -0.05) is 26.8 Å². The molecule has 1 N–H and O–H groups in total. The fourth-order valence-electron chi connectivity index (χ4n) is 2.60. The molecule has 0 aliphatic carbocycles.